The molecule has 0 aliphatic carbocycles. The molecule has 1 saturated heterocycles. The molecule has 4 rings (SSSR count). The Labute approximate surface area is 140 Å². The van der Waals surface area contributed by atoms with Crippen molar-refractivity contribution in [2.45, 2.75) is 12.8 Å². The standard InChI is InChI=1S/C19H20N2O3/c1-23-18-9-14-13-6-2-3-7-16(13)24-17(14)10-15(18)21-19(22)12-5-4-8-20-11-12/h2-3,6-7,9-10,12,20H,4-5,8,11H2,1H3,(H,21,22). The summed E-state index contributed by atoms with van der Waals surface area (Å²) >= 11 is 0. The number of carbonyl (C=O) groups excluding carboxylic acids is 1. The SMILES string of the molecule is COc1cc2c(cc1NC(=O)C1CCCNC1)oc1ccccc12. The van der Waals surface area contributed by atoms with E-state index in [2.05, 4.69) is 10.6 Å². The number of carbonyl (C=O) groups is 1. The normalized spacial score (nSPS) is 18.0. The third-order valence-corrected chi connectivity index (χ3v) is 4.62. The molecule has 1 atom stereocenters. The van der Waals surface area contributed by atoms with Crippen molar-refractivity contribution >= 4 is 33.5 Å². The zero-order chi connectivity index (χ0) is 16.5. The summed E-state index contributed by atoms with van der Waals surface area (Å²) in [5, 5.41) is 8.30. The number of hydrogen-bond acceptors (Lipinski definition) is 4. The number of benzene rings is 2. The van der Waals surface area contributed by atoms with Gasteiger partial charge < -0.3 is 19.8 Å². The number of fused-ring (bicyclic) bond motifs is 3. The number of anilines is 1. The van der Waals surface area contributed by atoms with Gasteiger partial charge in [0, 0.05) is 23.4 Å². The maximum absolute atomic E-state index is 12.5. The number of methoxy groups -OCH3 is 1. The molecule has 3 aromatic rings. The fourth-order valence-corrected chi connectivity index (χ4v) is 3.33. The van der Waals surface area contributed by atoms with E-state index in [0.29, 0.717) is 11.4 Å². The Morgan fingerprint density at radius 2 is 2.12 bits per heavy atom. The second kappa shape index (κ2) is 6.17. The molecule has 0 spiro atoms. The van der Waals surface area contributed by atoms with Gasteiger partial charge in [0.25, 0.3) is 0 Å². The molecule has 124 valence electrons. The monoisotopic (exact) mass is 324 g/mol. The zero-order valence-corrected chi connectivity index (χ0v) is 13.6. The molecular formula is C19H20N2O3. The highest BCUT2D eigenvalue weighted by Crippen LogP contribution is 2.36. The van der Waals surface area contributed by atoms with Crippen LogP contribution < -0.4 is 15.4 Å². The van der Waals surface area contributed by atoms with Crippen molar-refractivity contribution in [2.24, 2.45) is 5.92 Å². The van der Waals surface area contributed by atoms with Crippen molar-refractivity contribution in [1.82, 2.24) is 5.32 Å². The zero-order valence-electron chi connectivity index (χ0n) is 13.6. The number of ether oxygens (including phenoxy) is 1. The average Bonchev–Trinajstić information content (AvgIpc) is 2.99. The van der Waals surface area contributed by atoms with Crippen LogP contribution in [0.3, 0.4) is 0 Å². The molecule has 5 heteroatoms. The Morgan fingerprint density at radius 3 is 2.92 bits per heavy atom. The summed E-state index contributed by atoms with van der Waals surface area (Å²) in [6.07, 6.45) is 1.94. The lowest BCUT2D eigenvalue weighted by molar-refractivity contribution is -0.120. The lowest BCUT2D eigenvalue weighted by atomic mass is 9.98. The van der Waals surface area contributed by atoms with Gasteiger partial charge in [-0.2, -0.15) is 0 Å². The van der Waals surface area contributed by atoms with Gasteiger partial charge in [-0.05, 0) is 31.5 Å². The highest BCUT2D eigenvalue weighted by atomic mass is 16.5. The molecule has 0 bridgehead atoms. The van der Waals surface area contributed by atoms with Gasteiger partial charge in [-0.15, -0.1) is 0 Å². The molecule has 1 fully saturated rings. The summed E-state index contributed by atoms with van der Waals surface area (Å²) in [7, 11) is 1.61. The van der Waals surface area contributed by atoms with Crippen LogP contribution in [-0.2, 0) is 4.79 Å². The Kier molecular flexibility index (Phi) is 3.86. The number of amides is 1. The van der Waals surface area contributed by atoms with Crippen molar-refractivity contribution in [3.63, 3.8) is 0 Å². The number of rotatable bonds is 3. The van der Waals surface area contributed by atoms with Crippen LogP contribution >= 0.6 is 0 Å². The largest absolute Gasteiger partial charge is 0.495 e. The van der Waals surface area contributed by atoms with Gasteiger partial charge in [0.15, 0.2) is 0 Å². The number of nitrogens with one attached hydrogen (secondary N) is 2. The van der Waals surface area contributed by atoms with E-state index in [1.54, 1.807) is 7.11 Å². The van der Waals surface area contributed by atoms with E-state index in [0.717, 1.165) is 47.9 Å². The lowest BCUT2D eigenvalue weighted by Gasteiger charge is -2.22. The van der Waals surface area contributed by atoms with Crippen LogP contribution in [0.1, 0.15) is 12.8 Å². The highest BCUT2D eigenvalue weighted by Gasteiger charge is 2.22. The Hall–Kier alpha value is -2.53. The molecule has 24 heavy (non-hydrogen) atoms. The molecule has 0 saturated carbocycles. The topological polar surface area (TPSA) is 63.5 Å². The van der Waals surface area contributed by atoms with Gasteiger partial charge in [-0.3, -0.25) is 4.79 Å². The second-order valence-corrected chi connectivity index (χ2v) is 6.18. The van der Waals surface area contributed by atoms with Crippen LogP contribution in [0.4, 0.5) is 5.69 Å². The fraction of sp³-hybridized carbons (Fsp3) is 0.316. The molecular weight excluding hydrogens is 304 g/mol. The van der Waals surface area contributed by atoms with Crippen LogP contribution in [0.5, 0.6) is 5.75 Å². The van der Waals surface area contributed by atoms with Crippen molar-refractivity contribution in [3.8, 4) is 5.75 Å². The van der Waals surface area contributed by atoms with Gasteiger partial charge in [-0.1, -0.05) is 18.2 Å². The first kappa shape index (κ1) is 15.0. The minimum absolute atomic E-state index is 0.00479. The molecule has 5 nitrogen and oxygen atoms in total. The van der Waals surface area contributed by atoms with Crippen LogP contribution in [0.15, 0.2) is 40.8 Å². The molecule has 1 unspecified atom stereocenters. The summed E-state index contributed by atoms with van der Waals surface area (Å²) in [6.45, 7) is 1.71. The van der Waals surface area contributed by atoms with Crippen LogP contribution in [-0.4, -0.2) is 26.1 Å². The smallest absolute Gasteiger partial charge is 0.228 e. The predicted molar refractivity (Wildman–Crippen MR) is 94.5 cm³/mol. The highest BCUT2D eigenvalue weighted by molar-refractivity contribution is 6.07. The molecule has 1 aliphatic rings. The second-order valence-electron chi connectivity index (χ2n) is 6.18. The minimum Gasteiger partial charge on any atom is -0.495 e. The lowest BCUT2D eigenvalue weighted by Crippen LogP contribution is -2.37. The van der Waals surface area contributed by atoms with E-state index in [-0.39, 0.29) is 11.8 Å². The van der Waals surface area contributed by atoms with Gasteiger partial charge in [-0.25, -0.2) is 0 Å². The van der Waals surface area contributed by atoms with Gasteiger partial charge in [0.05, 0.1) is 18.7 Å². The molecule has 2 N–H and O–H groups in total. The molecule has 0 radical (unpaired) electrons. The number of para-hydroxylation sites is 1. The number of furan rings is 1. The summed E-state index contributed by atoms with van der Waals surface area (Å²) in [6, 6.07) is 11.7. The Balaban J connectivity index is 1.71. The summed E-state index contributed by atoms with van der Waals surface area (Å²) in [5.74, 6) is 0.664. The first-order valence-corrected chi connectivity index (χ1v) is 8.27. The van der Waals surface area contributed by atoms with Gasteiger partial charge in [0.1, 0.15) is 16.9 Å². The summed E-state index contributed by atoms with van der Waals surface area (Å²) in [5.41, 5.74) is 2.23. The van der Waals surface area contributed by atoms with Gasteiger partial charge in [0.2, 0.25) is 5.91 Å². The number of piperidine rings is 1. The fourth-order valence-electron chi connectivity index (χ4n) is 3.33. The van der Waals surface area contributed by atoms with Crippen molar-refractivity contribution in [3.05, 3.63) is 36.4 Å². The van der Waals surface area contributed by atoms with E-state index in [1.807, 2.05) is 36.4 Å². The number of hydrogen-bond donors (Lipinski definition) is 2. The molecule has 1 amide bonds. The molecule has 2 heterocycles. The van der Waals surface area contributed by atoms with E-state index < -0.39 is 0 Å². The quantitative estimate of drug-likeness (QED) is 0.773. The van der Waals surface area contributed by atoms with Crippen LogP contribution in [0, 0.1) is 5.92 Å². The third kappa shape index (κ3) is 2.61. The van der Waals surface area contributed by atoms with E-state index >= 15 is 0 Å². The average molecular weight is 324 g/mol. The third-order valence-electron chi connectivity index (χ3n) is 4.62. The first-order chi connectivity index (χ1) is 11.8. The van der Waals surface area contributed by atoms with Gasteiger partial charge >= 0.3 is 0 Å². The summed E-state index contributed by atoms with van der Waals surface area (Å²) < 4.78 is 11.4. The maximum Gasteiger partial charge on any atom is 0.228 e. The molecule has 2 aromatic carbocycles. The van der Waals surface area contributed by atoms with E-state index in [9.17, 15) is 4.79 Å². The van der Waals surface area contributed by atoms with Crippen molar-refractivity contribution in [2.75, 3.05) is 25.5 Å². The van der Waals surface area contributed by atoms with Crippen molar-refractivity contribution < 1.29 is 13.9 Å². The van der Waals surface area contributed by atoms with Crippen LogP contribution in [0.25, 0.3) is 21.9 Å². The predicted octanol–water partition coefficient (Wildman–Crippen LogP) is 3.53. The molecule has 1 aliphatic heterocycles. The van der Waals surface area contributed by atoms with E-state index in [1.165, 1.54) is 0 Å². The van der Waals surface area contributed by atoms with Crippen molar-refractivity contribution in [1.29, 1.82) is 0 Å². The summed E-state index contributed by atoms with van der Waals surface area (Å²) in [4.78, 5) is 12.5. The Morgan fingerprint density at radius 1 is 1.25 bits per heavy atom. The molecule has 1 aromatic heterocycles. The Bertz CT molecular complexity index is 894. The maximum atomic E-state index is 12.5. The van der Waals surface area contributed by atoms with Crippen LogP contribution in [0.2, 0.25) is 0 Å². The minimum atomic E-state index is -0.00479. The van der Waals surface area contributed by atoms with E-state index in [4.69, 9.17) is 9.15 Å². The first-order valence-electron chi connectivity index (χ1n) is 8.27.